The number of aromatic nitrogens is 2. The van der Waals surface area contributed by atoms with Gasteiger partial charge in [-0.3, -0.25) is 4.90 Å². The van der Waals surface area contributed by atoms with E-state index in [1.165, 1.54) is 38.8 Å². The van der Waals surface area contributed by atoms with Gasteiger partial charge in [-0.1, -0.05) is 0 Å². The van der Waals surface area contributed by atoms with E-state index >= 15 is 0 Å². The second-order valence-electron chi connectivity index (χ2n) is 6.42. The van der Waals surface area contributed by atoms with Crippen LogP contribution in [0.3, 0.4) is 0 Å². The lowest BCUT2D eigenvalue weighted by Gasteiger charge is -2.21. The van der Waals surface area contributed by atoms with E-state index in [-0.39, 0.29) is 0 Å². The predicted molar refractivity (Wildman–Crippen MR) is 81.7 cm³/mol. The maximum Gasteiger partial charge on any atom is 0.144 e. The third-order valence-corrected chi connectivity index (χ3v) is 4.05. The van der Waals surface area contributed by atoms with Gasteiger partial charge in [-0.05, 0) is 51.4 Å². The van der Waals surface area contributed by atoms with Crippen LogP contribution in [-0.2, 0) is 6.54 Å². The monoisotopic (exact) mass is 274 g/mol. The molecule has 0 radical (unpaired) electrons. The van der Waals surface area contributed by atoms with Crippen LogP contribution in [0.2, 0.25) is 0 Å². The molecule has 4 nitrogen and oxygen atoms in total. The quantitative estimate of drug-likeness (QED) is 0.791. The molecule has 0 aliphatic heterocycles. The number of nitrogens with zero attached hydrogens (tertiary/aromatic N) is 3. The lowest BCUT2D eigenvalue weighted by Crippen LogP contribution is -2.29. The van der Waals surface area contributed by atoms with Gasteiger partial charge in [0.2, 0.25) is 0 Å². The molecule has 0 amide bonds. The summed E-state index contributed by atoms with van der Waals surface area (Å²) in [5.41, 5.74) is 1.06. The Hall–Kier alpha value is -1.16. The Kier molecular flexibility index (Phi) is 4.20. The molecule has 20 heavy (non-hydrogen) atoms. The van der Waals surface area contributed by atoms with Gasteiger partial charge in [0.05, 0.1) is 6.54 Å². The van der Waals surface area contributed by atoms with E-state index in [9.17, 15) is 0 Å². The Balaban J connectivity index is 1.65. The first-order chi connectivity index (χ1) is 9.72. The molecule has 2 fully saturated rings. The lowest BCUT2D eigenvalue weighted by molar-refractivity contribution is 0.238. The molecule has 1 aromatic heterocycles. The SMILES string of the molecule is CCNc1cc(C)nc(CN(CC2CC2)CC2CC2)n1. The summed E-state index contributed by atoms with van der Waals surface area (Å²) < 4.78 is 0. The van der Waals surface area contributed by atoms with Crippen molar-refractivity contribution in [1.29, 1.82) is 0 Å². The third-order valence-electron chi connectivity index (χ3n) is 4.05. The molecule has 2 aliphatic rings. The number of anilines is 1. The second kappa shape index (κ2) is 6.08. The highest BCUT2D eigenvalue weighted by atomic mass is 15.2. The fourth-order valence-corrected chi connectivity index (χ4v) is 2.71. The fraction of sp³-hybridized carbons (Fsp3) is 0.750. The van der Waals surface area contributed by atoms with Gasteiger partial charge in [-0.15, -0.1) is 0 Å². The summed E-state index contributed by atoms with van der Waals surface area (Å²) in [6.45, 7) is 8.45. The van der Waals surface area contributed by atoms with Gasteiger partial charge in [-0.25, -0.2) is 9.97 Å². The first kappa shape index (κ1) is 13.8. The zero-order valence-electron chi connectivity index (χ0n) is 12.7. The fourth-order valence-electron chi connectivity index (χ4n) is 2.71. The number of aryl methyl sites for hydroxylation is 1. The van der Waals surface area contributed by atoms with Crippen LogP contribution in [0.4, 0.5) is 5.82 Å². The highest BCUT2D eigenvalue weighted by molar-refractivity contribution is 5.35. The maximum absolute atomic E-state index is 4.65. The molecule has 0 aromatic carbocycles. The van der Waals surface area contributed by atoms with Crippen molar-refractivity contribution in [1.82, 2.24) is 14.9 Å². The van der Waals surface area contributed by atoms with Crippen LogP contribution in [0.25, 0.3) is 0 Å². The molecule has 0 spiro atoms. The van der Waals surface area contributed by atoms with Crippen LogP contribution < -0.4 is 5.32 Å². The van der Waals surface area contributed by atoms with E-state index in [0.29, 0.717) is 0 Å². The number of hydrogen-bond acceptors (Lipinski definition) is 4. The van der Waals surface area contributed by atoms with Crippen molar-refractivity contribution in [3.05, 3.63) is 17.6 Å². The summed E-state index contributed by atoms with van der Waals surface area (Å²) >= 11 is 0. The molecule has 0 atom stereocenters. The van der Waals surface area contributed by atoms with Crippen LogP contribution >= 0.6 is 0 Å². The zero-order chi connectivity index (χ0) is 13.9. The summed E-state index contributed by atoms with van der Waals surface area (Å²) in [7, 11) is 0. The number of nitrogens with one attached hydrogen (secondary N) is 1. The molecule has 0 bridgehead atoms. The molecule has 3 rings (SSSR count). The predicted octanol–water partition coefficient (Wildman–Crippen LogP) is 2.84. The molecular formula is C16H26N4. The van der Waals surface area contributed by atoms with Gasteiger partial charge < -0.3 is 5.32 Å². The largest absolute Gasteiger partial charge is 0.370 e. The molecule has 110 valence electrons. The minimum Gasteiger partial charge on any atom is -0.370 e. The second-order valence-corrected chi connectivity index (χ2v) is 6.42. The Morgan fingerprint density at radius 2 is 1.80 bits per heavy atom. The van der Waals surface area contributed by atoms with Gasteiger partial charge in [0.25, 0.3) is 0 Å². The summed E-state index contributed by atoms with van der Waals surface area (Å²) in [4.78, 5) is 11.9. The first-order valence-corrected chi connectivity index (χ1v) is 8.03. The van der Waals surface area contributed by atoms with Crippen molar-refractivity contribution in [2.24, 2.45) is 11.8 Å². The number of rotatable bonds is 8. The molecule has 2 saturated carbocycles. The molecule has 4 heteroatoms. The van der Waals surface area contributed by atoms with Crippen molar-refractivity contribution >= 4 is 5.82 Å². The highest BCUT2D eigenvalue weighted by Gasteiger charge is 2.29. The molecule has 0 unspecified atom stereocenters. The molecule has 2 aliphatic carbocycles. The van der Waals surface area contributed by atoms with E-state index in [1.807, 2.05) is 6.07 Å². The third kappa shape index (κ3) is 4.17. The zero-order valence-corrected chi connectivity index (χ0v) is 12.7. The Labute approximate surface area is 122 Å². The topological polar surface area (TPSA) is 41.1 Å². The van der Waals surface area contributed by atoms with Crippen molar-refractivity contribution in [3.63, 3.8) is 0 Å². The molecule has 0 saturated heterocycles. The summed E-state index contributed by atoms with van der Waals surface area (Å²) in [6.07, 6.45) is 5.66. The Bertz CT molecular complexity index is 438. The summed E-state index contributed by atoms with van der Waals surface area (Å²) in [5, 5.41) is 3.30. The summed E-state index contributed by atoms with van der Waals surface area (Å²) in [6, 6.07) is 2.03. The average Bonchev–Trinajstić information content (AvgIpc) is 3.25. The average molecular weight is 274 g/mol. The van der Waals surface area contributed by atoms with E-state index in [2.05, 4.69) is 34.0 Å². The van der Waals surface area contributed by atoms with Gasteiger partial charge >= 0.3 is 0 Å². The van der Waals surface area contributed by atoms with Crippen molar-refractivity contribution in [2.75, 3.05) is 25.0 Å². The standard InChI is InChI=1S/C16H26N4/c1-3-17-15-8-12(2)18-16(19-15)11-20(9-13-4-5-13)10-14-6-7-14/h8,13-14H,3-7,9-11H2,1-2H3,(H,17,18,19). The molecule has 1 heterocycles. The lowest BCUT2D eigenvalue weighted by atomic mass is 10.3. The minimum atomic E-state index is 0.907. The van der Waals surface area contributed by atoms with Crippen molar-refractivity contribution in [3.8, 4) is 0 Å². The van der Waals surface area contributed by atoms with Gasteiger partial charge in [0.15, 0.2) is 0 Å². The van der Waals surface area contributed by atoms with E-state index in [0.717, 1.165) is 42.3 Å². The number of hydrogen-bond donors (Lipinski definition) is 1. The molecular weight excluding hydrogens is 248 g/mol. The van der Waals surface area contributed by atoms with Crippen LogP contribution in [0.5, 0.6) is 0 Å². The van der Waals surface area contributed by atoms with Gasteiger partial charge in [-0.2, -0.15) is 0 Å². The van der Waals surface area contributed by atoms with Crippen molar-refractivity contribution in [2.45, 2.75) is 46.1 Å². The molecule has 1 aromatic rings. The first-order valence-electron chi connectivity index (χ1n) is 8.03. The van der Waals surface area contributed by atoms with E-state index in [4.69, 9.17) is 0 Å². The molecule has 1 N–H and O–H groups in total. The Morgan fingerprint density at radius 1 is 1.15 bits per heavy atom. The smallest absolute Gasteiger partial charge is 0.144 e. The highest BCUT2D eigenvalue weighted by Crippen LogP contribution is 2.34. The maximum atomic E-state index is 4.65. The van der Waals surface area contributed by atoms with E-state index < -0.39 is 0 Å². The minimum absolute atomic E-state index is 0.907. The van der Waals surface area contributed by atoms with Crippen LogP contribution in [0, 0.1) is 18.8 Å². The Morgan fingerprint density at radius 3 is 2.35 bits per heavy atom. The normalized spacial score (nSPS) is 18.6. The summed E-state index contributed by atoms with van der Waals surface area (Å²) in [5.74, 6) is 3.81. The van der Waals surface area contributed by atoms with Gasteiger partial charge in [0.1, 0.15) is 11.6 Å². The van der Waals surface area contributed by atoms with Crippen LogP contribution in [-0.4, -0.2) is 34.5 Å². The van der Waals surface area contributed by atoms with E-state index in [1.54, 1.807) is 0 Å². The van der Waals surface area contributed by atoms with Crippen molar-refractivity contribution < 1.29 is 0 Å². The van der Waals surface area contributed by atoms with Gasteiger partial charge in [0, 0.05) is 31.4 Å². The van der Waals surface area contributed by atoms with Crippen LogP contribution in [0.1, 0.15) is 44.1 Å². The van der Waals surface area contributed by atoms with Crippen LogP contribution in [0.15, 0.2) is 6.07 Å².